The molecule has 0 radical (unpaired) electrons. The number of amides is 1. The van der Waals surface area contributed by atoms with E-state index in [1.54, 1.807) is 11.9 Å². The summed E-state index contributed by atoms with van der Waals surface area (Å²) in [5, 5.41) is 7.16. The van der Waals surface area contributed by atoms with Gasteiger partial charge in [-0.25, -0.2) is 0 Å². The van der Waals surface area contributed by atoms with Crippen LogP contribution in [0.3, 0.4) is 0 Å². The van der Waals surface area contributed by atoms with Crippen molar-refractivity contribution >= 4 is 21.8 Å². The van der Waals surface area contributed by atoms with Crippen LogP contribution in [0.4, 0.5) is 0 Å². The van der Waals surface area contributed by atoms with Crippen molar-refractivity contribution in [1.82, 2.24) is 15.1 Å². The van der Waals surface area contributed by atoms with Gasteiger partial charge in [0.05, 0.1) is 24.4 Å². The Kier molecular flexibility index (Phi) is 4.10. The van der Waals surface area contributed by atoms with Gasteiger partial charge in [-0.05, 0) is 41.9 Å². The highest BCUT2D eigenvalue weighted by molar-refractivity contribution is 9.10. The summed E-state index contributed by atoms with van der Waals surface area (Å²) in [6, 6.07) is 3.65. The van der Waals surface area contributed by atoms with Crippen LogP contribution in [0.5, 0.6) is 0 Å². The van der Waals surface area contributed by atoms with Crippen molar-refractivity contribution in [2.45, 2.75) is 39.0 Å². The molecule has 2 aromatic heterocycles. The molecule has 2 atom stereocenters. The fourth-order valence-corrected chi connectivity index (χ4v) is 3.11. The average Bonchev–Trinajstić information content (AvgIpc) is 3.04. The van der Waals surface area contributed by atoms with Crippen molar-refractivity contribution in [3.63, 3.8) is 0 Å². The Hall–Kier alpha value is -1.60. The third-order valence-electron chi connectivity index (χ3n) is 3.80. The number of halogens is 1. The molecular formula is C15H18BrN3O3. The third-order valence-corrected chi connectivity index (χ3v) is 4.23. The molecule has 0 saturated heterocycles. The molecule has 0 saturated carbocycles. The number of aromatic amines is 1. The van der Waals surface area contributed by atoms with E-state index >= 15 is 0 Å². The molecule has 1 N–H and O–H groups in total. The van der Waals surface area contributed by atoms with Gasteiger partial charge in [0.1, 0.15) is 5.76 Å². The maximum Gasteiger partial charge on any atom is 0.274 e. The number of furan rings is 1. The lowest BCUT2D eigenvalue weighted by Gasteiger charge is -2.25. The van der Waals surface area contributed by atoms with Crippen LogP contribution >= 0.6 is 15.9 Å². The molecule has 0 aliphatic carbocycles. The van der Waals surface area contributed by atoms with Crippen LogP contribution in [0.2, 0.25) is 0 Å². The molecular weight excluding hydrogens is 350 g/mol. The smallest absolute Gasteiger partial charge is 0.274 e. The van der Waals surface area contributed by atoms with Crippen LogP contribution in [0.1, 0.15) is 47.5 Å². The lowest BCUT2D eigenvalue weighted by Crippen LogP contribution is -2.29. The zero-order valence-corrected chi connectivity index (χ0v) is 14.3. The SMILES string of the molecule is C[C@@H]1Cc2c(C(=O)N(C)Cc3ccc(Br)o3)n[nH]c2[C@H](C)O1. The van der Waals surface area contributed by atoms with Gasteiger partial charge in [0.25, 0.3) is 5.91 Å². The van der Waals surface area contributed by atoms with E-state index in [9.17, 15) is 4.79 Å². The number of carbonyl (C=O) groups excluding carboxylic acids is 1. The first-order valence-electron chi connectivity index (χ1n) is 7.18. The van der Waals surface area contributed by atoms with Gasteiger partial charge in [0.15, 0.2) is 10.4 Å². The second-order valence-corrected chi connectivity index (χ2v) is 6.41. The van der Waals surface area contributed by atoms with E-state index in [0.29, 0.717) is 23.3 Å². The Morgan fingerprint density at radius 1 is 1.50 bits per heavy atom. The zero-order chi connectivity index (χ0) is 15.9. The van der Waals surface area contributed by atoms with E-state index in [1.165, 1.54) is 0 Å². The molecule has 1 aliphatic rings. The number of nitrogens with one attached hydrogen (secondary N) is 1. The van der Waals surface area contributed by atoms with E-state index in [0.717, 1.165) is 17.0 Å². The molecule has 7 heteroatoms. The summed E-state index contributed by atoms with van der Waals surface area (Å²) in [5.74, 6) is 0.600. The van der Waals surface area contributed by atoms with Crippen molar-refractivity contribution in [2.75, 3.05) is 7.05 Å². The molecule has 22 heavy (non-hydrogen) atoms. The molecule has 118 valence electrons. The summed E-state index contributed by atoms with van der Waals surface area (Å²) in [7, 11) is 1.74. The minimum atomic E-state index is -0.119. The van der Waals surface area contributed by atoms with E-state index in [1.807, 2.05) is 26.0 Å². The van der Waals surface area contributed by atoms with Gasteiger partial charge in [0, 0.05) is 19.0 Å². The van der Waals surface area contributed by atoms with Crippen LogP contribution in [0, 0.1) is 0 Å². The highest BCUT2D eigenvalue weighted by Crippen LogP contribution is 2.30. The average molecular weight is 368 g/mol. The van der Waals surface area contributed by atoms with Crippen molar-refractivity contribution in [2.24, 2.45) is 0 Å². The molecule has 1 aliphatic heterocycles. The van der Waals surface area contributed by atoms with Gasteiger partial charge in [-0.3, -0.25) is 9.89 Å². The number of hydrogen-bond acceptors (Lipinski definition) is 4. The molecule has 0 unspecified atom stereocenters. The number of H-pyrrole nitrogens is 1. The summed E-state index contributed by atoms with van der Waals surface area (Å²) in [5.41, 5.74) is 2.34. The monoisotopic (exact) mass is 367 g/mol. The number of fused-ring (bicyclic) bond motifs is 1. The lowest BCUT2D eigenvalue weighted by molar-refractivity contribution is -0.00701. The zero-order valence-electron chi connectivity index (χ0n) is 12.7. The van der Waals surface area contributed by atoms with E-state index in [2.05, 4.69) is 26.1 Å². The number of hydrogen-bond donors (Lipinski definition) is 1. The molecule has 0 spiro atoms. The van der Waals surface area contributed by atoms with Crippen LogP contribution in [0.25, 0.3) is 0 Å². The van der Waals surface area contributed by atoms with E-state index in [-0.39, 0.29) is 18.1 Å². The normalized spacial score (nSPS) is 20.7. The standard InChI is InChI=1S/C15H18BrN3O3/c1-8-6-11-13(9(2)21-8)17-18-14(11)15(20)19(3)7-10-4-5-12(16)22-10/h4-5,8-9H,6-7H2,1-3H3,(H,17,18)/t8-,9+/m1/s1. The Bertz CT molecular complexity index is 694. The summed E-state index contributed by atoms with van der Waals surface area (Å²) >= 11 is 3.26. The maximum absolute atomic E-state index is 12.7. The minimum absolute atomic E-state index is 0.0702. The van der Waals surface area contributed by atoms with Gasteiger partial charge in [-0.1, -0.05) is 0 Å². The van der Waals surface area contributed by atoms with Gasteiger partial charge in [-0.2, -0.15) is 5.10 Å². The first kappa shape index (κ1) is 15.3. The predicted molar refractivity (Wildman–Crippen MR) is 83.5 cm³/mol. The molecule has 3 heterocycles. The molecule has 2 aromatic rings. The summed E-state index contributed by atoms with van der Waals surface area (Å²) in [6.07, 6.45) is 0.703. The molecule has 0 fully saturated rings. The Labute approximate surface area is 136 Å². The maximum atomic E-state index is 12.7. The number of nitrogens with zero attached hydrogens (tertiary/aromatic N) is 2. The van der Waals surface area contributed by atoms with Crippen molar-refractivity contribution in [3.8, 4) is 0 Å². The summed E-state index contributed by atoms with van der Waals surface area (Å²) < 4.78 is 11.8. The molecule has 6 nitrogen and oxygen atoms in total. The summed E-state index contributed by atoms with van der Waals surface area (Å²) in [4.78, 5) is 14.3. The largest absolute Gasteiger partial charge is 0.452 e. The predicted octanol–water partition coefficient (Wildman–Crippen LogP) is 3.06. The number of rotatable bonds is 3. The second kappa shape index (κ2) is 5.89. The first-order valence-corrected chi connectivity index (χ1v) is 7.97. The van der Waals surface area contributed by atoms with Crippen molar-refractivity contribution in [1.29, 1.82) is 0 Å². The van der Waals surface area contributed by atoms with Gasteiger partial charge in [-0.15, -0.1) is 0 Å². The molecule has 3 rings (SSSR count). The molecule has 0 bridgehead atoms. The fraction of sp³-hybridized carbons (Fsp3) is 0.467. The Morgan fingerprint density at radius 3 is 2.95 bits per heavy atom. The van der Waals surface area contributed by atoms with Crippen LogP contribution in [0.15, 0.2) is 21.2 Å². The van der Waals surface area contributed by atoms with Gasteiger partial charge >= 0.3 is 0 Å². The Balaban J connectivity index is 1.80. The fourth-order valence-electron chi connectivity index (χ4n) is 2.77. The van der Waals surface area contributed by atoms with Crippen LogP contribution in [-0.4, -0.2) is 34.2 Å². The third kappa shape index (κ3) is 2.83. The van der Waals surface area contributed by atoms with E-state index < -0.39 is 0 Å². The highest BCUT2D eigenvalue weighted by Gasteiger charge is 2.30. The lowest BCUT2D eigenvalue weighted by atomic mass is 9.99. The first-order chi connectivity index (χ1) is 10.5. The van der Waals surface area contributed by atoms with Crippen molar-refractivity contribution in [3.05, 3.63) is 39.5 Å². The Morgan fingerprint density at radius 2 is 2.27 bits per heavy atom. The van der Waals surface area contributed by atoms with Gasteiger partial charge in [0.2, 0.25) is 0 Å². The van der Waals surface area contributed by atoms with Crippen LogP contribution < -0.4 is 0 Å². The second-order valence-electron chi connectivity index (χ2n) is 5.62. The topological polar surface area (TPSA) is 71.4 Å². The van der Waals surface area contributed by atoms with E-state index in [4.69, 9.17) is 9.15 Å². The minimum Gasteiger partial charge on any atom is -0.452 e. The van der Waals surface area contributed by atoms with Crippen LogP contribution in [-0.2, 0) is 17.7 Å². The van der Waals surface area contributed by atoms with Gasteiger partial charge < -0.3 is 14.1 Å². The summed E-state index contributed by atoms with van der Waals surface area (Å²) in [6.45, 7) is 4.36. The van der Waals surface area contributed by atoms with Crippen molar-refractivity contribution < 1.29 is 13.9 Å². The highest BCUT2D eigenvalue weighted by atomic mass is 79.9. The number of carbonyl (C=O) groups is 1. The molecule has 0 aromatic carbocycles. The number of ether oxygens (including phenoxy) is 1. The number of aromatic nitrogens is 2. The quantitative estimate of drug-likeness (QED) is 0.904. The molecule has 1 amide bonds.